The average molecular weight is 1360 g/mol. The molecule has 3 amide bonds. The van der Waals surface area contributed by atoms with Crippen LogP contribution in [0.15, 0.2) is 141 Å². The van der Waals surface area contributed by atoms with E-state index in [1.807, 2.05) is 22.8 Å². The second-order valence-corrected chi connectivity index (χ2v) is 24.9. The van der Waals surface area contributed by atoms with Gasteiger partial charge in [0, 0.05) is 86.1 Å². The Morgan fingerprint density at radius 3 is 1.62 bits per heavy atom. The van der Waals surface area contributed by atoms with Gasteiger partial charge in [0.05, 0.1) is 70.8 Å². The minimum atomic E-state index is -4.59. The summed E-state index contributed by atoms with van der Waals surface area (Å²) in [6.07, 6.45) is 8.44. The zero-order valence-corrected chi connectivity index (χ0v) is 51.9. The monoisotopic (exact) mass is 1360 g/mol. The largest absolute Gasteiger partial charge is 0.434 e. The molecule has 6 saturated heterocycles. The number of hydrogen-bond acceptors (Lipinski definition) is 15. The van der Waals surface area contributed by atoms with Crippen LogP contribution in [0.4, 0.5) is 48.3 Å². The van der Waals surface area contributed by atoms with Crippen molar-refractivity contribution in [1.82, 2.24) is 79.5 Å². The van der Waals surface area contributed by atoms with Crippen LogP contribution in [0, 0.1) is 36.3 Å². The normalized spacial score (nSPS) is 23.1. The number of amides is 3. The second kappa shape index (κ2) is 27.0. The first-order valence-electron chi connectivity index (χ1n) is 32.0. The van der Waals surface area contributed by atoms with Gasteiger partial charge in [0.25, 0.3) is 17.7 Å². The number of pyridine rings is 2. The number of carbonyl (C=O) groups excluding carboxylic acids is 3. The number of alkyl halides is 9. The van der Waals surface area contributed by atoms with Crippen molar-refractivity contribution in [1.29, 1.82) is 0 Å². The average Bonchev–Trinajstić information content (AvgIpc) is 1.56. The highest BCUT2D eigenvalue weighted by molar-refractivity contribution is 6.02. The number of rotatable bonds is 12. The Bertz CT molecular complexity index is 4410. The minimum Gasteiger partial charge on any atom is -0.332 e. The van der Waals surface area contributed by atoms with Crippen molar-refractivity contribution in [3.8, 4) is 28.5 Å². The van der Waals surface area contributed by atoms with Crippen LogP contribution in [0.1, 0.15) is 130 Å². The van der Waals surface area contributed by atoms with Crippen LogP contribution >= 0.6 is 0 Å². The standard InChI is InChI=1S/2C23H19F4N5O.C22H21F3N6O/c24-17-4-1-3-16(20(17)21-28-7-2-8-29-21)22(33)32-15-5-6-18(32)13(10-15)9-14-11-31-19(12-30-14)23(25,26)27;24-14-9-30-21(31-10-14)17-3-1-2-4-18(17)22(33)32-16-5-6-19(32)13(8-16)7-15-11-29-20(12-28-15)23(25,26)27;1-13-6-7-26-19(20(13)31-28-8-9-29-31)21(32)30-17-4-5-18(30)14(11-17)10-16-3-2-15(12-27-16)22(23,24)25/h1-4,7-8,11-13,15,18H,5-6,9-10H2;1-4,9-13,16,19H,5-8H2;2-3,6-9,12,14,17-18H,4-5,10-11H2,1H3/i13D;;. The lowest BCUT2D eigenvalue weighted by atomic mass is 9.86. The van der Waals surface area contributed by atoms with Gasteiger partial charge in [0.15, 0.2) is 34.5 Å². The molecule has 6 aliphatic heterocycles. The van der Waals surface area contributed by atoms with E-state index in [9.17, 15) is 62.7 Å². The fourth-order valence-corrected chi connectivity index (χ4v) is 14.8. The molecule has 19 nitrogen and oxygen atoms in total. The van der Waals surface area contributed by atoms with Crippen LogP contribution in [0.2, 0.25) is 0 Å². The van der Waals surface area contributed by atoms with E-state index in [2.05, 4.69) is 60.0 Å². The predicted molar refractivity (Wildman–Crippen MR) is 326 cm³/mol. The third kappa shape index (κ3) is 13.6. The number of carbonyl (C=O) groups is 3. The van der Waals surface area contributed by atoms with Gasteiger partial charge in [-0.1, -0.05) is 24.3 Å². The molecule has 13 heterocycles. The Balaban J connectivity index is 0.000000133. The highest BCUT2D eigenvalue weighted by atomic mass is 19.4. The smallest absolute Gasteiger partial charge is 0.332 e. The molecule has 506 valence electrons. The molecule has 9 unspecified atom stereocenters. The van der Waals surface area contributed by atoms with E-state index in [1.54, 1.807) is 53.8 Å². The number of halogens is 11. The lowest BCUT2D eigenvalue weighted by molar-refractivity contribution is -0.142. The number of aromatic nitrogens is 13. The Labute approximate surface area is 553 Å². The molecule has 6 aliphatic rings. The topological polar surface area (TPSA) is 221 Å². The molecular formula is C68H59F11N16O3. The van der Waals surface area contributed by atoms with Crippen LogP contribution < -0.4 is 0 Å². The maximum absolute atomic E-state index is 14.8. The second-order valence-electron chi connectivity index (χ2n) is 24.9. The van der Waals surface area contributed by atoms with Gasteiger partial charge in [-0.15, -0.1) is 4.80 Å². The molecular weight excluding hydrogens is 1300 g/mol. The fourth-order valence-electron chi connectivity index (χ4n) is 14.8. The van der Waals surface area contributed by atoms with Gasteiger partial charge in [-0.2, -0.15) is 49.7 Å². The summed E-state index contributed by atoms with van der Waals surface area (Å²) in [5, 5.41) is 8.34. The molecule has 6 bridgehead atoms. The highest BCUT2D eigenvalue weighted by Gasteiger charge is 2.52. The van der Waals surface area contributed by atoms with Crippen molar-refractivity contribution in [2.45, 2.75) is 139 Å². The number of fused-ring (bicyclic) bond motifs is 6. The summed E-state index contributed by atoms with van der Waals surface area (Å²) in [6.45, 7) is 1.88. The summed E-state index contributed by atoms with van der Waals surface area (Å²) in [5.41, 5.74) is 1.28. The molecule has 0 spiro atoms. The van der Waals surface area contributed by atoms with E-state index in [0.29, 0.717) is 72.2 Å². The van der Waals surface area contributed by atoms with Gasteiger partial charge in [0.2, 0.25) is 0 Å². The van der Waals surface area contributed by atoms with E-state index in [1.165, 1.54) is 47.7 Å². The van der Waals surface area contributed by atoms with Crippen molar-refractivity contribution in [2.75, 3.05) is 0 Å². The Kier molecular flexibility index (Phi) is 18.0. The van der Waals surface area contributed by atoms with Gasteiger partial charge in [0.1, 0.15) is 11.5 Å². The molecule has 0 aliphatic carbocycles. The highest BCUT2D eigenvalue weighted by Crippen LogP contribution is 2.48. The van der Waals surface area contributed by atoms with Crippen molar-refractivity contribution >= 4 is 17.7 Å². The predicted octanol–water partition coefficient (Wildman–Crippen LogP) is 12.3. The van der Waals surface area contributed by atoms with Crippen molar-refractivity contribution in [3.63, 3.8) is 0 Å². The van der Waals surface area contributed by atoms with Gasteiger partial charge in [-0.3, -0.25) is 29.3 Å². The molecule has 6 fully saturated rings. The molecule has 0 N–H and O–H groups in total. The van der Waals surface area contributed by atoms with E-state index < -0.39 is 65.0 Å². The number of benzene rings is 2. The number of aryl methyl sites for hydroxylation is 1. The van der Waals surface area contributed by atoms with Gasteiger partial charge >= 0.3 is 18.5 Å². The lowest BCUT2D eigenvalue weighted by Gasteiger charge is -2.25. The summed E-state index contributed by atoms with van der Waals surface area (Å²) >= 11 is 0. The first-order chi connectivity index (χ1) is 47.3. The van der Waals surface area contributed by atoms with Crippen LogP contribution in [-0.2, 0) is 37.8 Å². The quantitative estimate of drug-likeness (QED) is 0.104. The lowest BCUT2D eigenvalue weighted by Crippen LogP contribution is -2.38. The Morgan fingerprint density at radius 1 is 0.480 bits per heavy atom. The van der Waals surface area contributed by atoms with E-state index in [0.717, 1.165) is 81.1 Å². The summed E-state index contributed by atoms with van der Waals surface area (Å²) in [6, 6.07) is 16.5. The molecule has 98 heavy (non-hydrogen) atoms. The molecule has 9 atom stereocenters. The third-order valence-electron chi connectivity index (χ3n) is 19.0. The Hall–Kier alpha value is -10.2. The summed E-state index contributed by atoms with van der Waals surface area (Å²) in [4.78, 5) is 86.9. The number of hydrogen-bond donors (Lipinski definition) is 0. The molecule has 15 rings (SSSR count). The van der Waals surface area contributed by atoms with Gasteiger partial charge in [-0.05, 0) is 150 Å². The minimum absolute atomic E-state index is 0.00332. The van der Waals surface area contributed by atoms with Gasteiger partial charge in [-0.25, -0.2) is 43.7 Å². The summed E-state index contributed by atoms with van der Waals surface area (Å²) in [5.74, 6) is -2.44. The van der Waals surface area contributed by atoms with Crippen LogP contribution in [0.5, 0.6) is 0 Å². The summed E-state index contributed by atoms with van der Waals surface area (Å²) < 4.78 is 152. The molecule has 0 saturated carbocycles. The zero-order valence-electron chi connectivity index (χ0n) is 52.9. The Morgan fingerprint density at radius 2 is 1.03 bits per heavy atom. The molecule has 0 radical (unpaired) electrons. The third-order valence-corrected chi connectivity index (χ3v) is 19.0. The molecule has 7 aromatic heterocycles. The fraction of sp³-hybridized carbons (Fsp3) is 0.368. The van der Waals surface area contributed by atoms with Gasteiger partial charge < -0.3 is 14.7 Å². The van der Waals surface area contributed by atoms with E-state index >= 15 is 0 Å². The SMILES string of the molecule is Cc1ccnc(C(=O)N2C3CCC2C(Cc2ccc(C(F)(F)F)cn2)C3)c1-n1nccn1.O=C(c1ccccc1-c1ncc(F)cn1)N1C2CCC1C(Cc1cnc(C(F)(F)F)cn1)C2.[2H]C1(Cc2cnc(C(F)(F)F)cn2)CC2CCC1N2C(=O)c1cccc(F)c1-c1ncccn1. The first-order valence-corrected chi connectivity index (χ1v) is 31.5. The van der Waals surface area contributed by atoms with Crippen LogP contribution in [0.3, 0.4) is 0 Å². The maximum atomic E-state index is 14.8. The number of nitrogens with zero attached hydrogens (tertiary/aromatic N) is 16. The molecule has 9 aromatic rings. The van der Waals surface area contributed by atoms with Crippen LogP contribution in [-0.4, -0.2) is 134 Å². The zero-order chi connectivity index (χ0) is 69.7. The van der Waals surface area contributed by atoms with Crippen LogP contribution in [0.25, 0.3) is 28.5 Å². The first kappa shape index (κ1) is 65.1. The van der Waals surface area contributed by atoms with E-state index in [-0.39, 0.29) is 88.7 Å². The molecule has 30 heteroatoms. The van der Waals surface area contributed by atoms with Crippen molar-refractivity contribution in [2.24, 2.45) is 17.7 Å². The van der Waals surface area contributed by atoms with Crippen molar-refractivity contribution in [3.05, 3.63) is 209 Å². The maximum Gasteiger partial charge on any atom is 0.434 e. The van der Waals surface area contributed by atoms with E-state index in [4.69, 9.17) is 1.37 Å². The summed E-state index contributed by atoms with van der Waals surface area (Å²) in [7, 11) is 0. The van der Waals surface area contributed by atoms with Crippen molar-refractivity contribution < 1.29 is 64.0 Å². The molecule has 2 aromatic carbocycles.